The third kappa shape index (κ3) is 7.90. The first-order chi connectivity index (χ1) is 10.2. The van der Waals surface area contributed by atoms with E-state index < -0.39 is 0 Å². The predicted octanol–water partition coefficient (Wildman–Crippen LogP) is 1.03. The Morgan fingerprint density at radius 1 is 1.33 bits per heavy atom. The lowest BCUT2D eigenvalue weighted by atomic mass is 9.95. The normalized spacial score (nSPS) is 18.1. The van der Waals surface area contributed by atoms with Gasteiger partial charge >= 0.3 is 0 Å². The topological polar surface area (TPSA) is 74.8 Å². The van der Waals surface area contributed by atoms with Gasteiger partial charge in [0.2, 0.25) is 5.91 Å². The second-order valence-corrected chi connectivity index (χ2v) is 5.65. The molecule has 1 saturated carbocycles. The zero-order valence-electron chi connectivity index (χ0n) is 13.6. The Morgan fingerprint density at radius 2 is 2.05 bits per heavy atom. The molecule has 1 fully saturated rings. The molecule has 0 saturated heterocycles. The standard InChI is InChI=1S/C15H30N4O2/c1-12(11-21-3)18-15(16-2)17-10-9-14(20)19-13-7-5-4-6-8-13/h12-13H,4-11H2,1-3H3,(H,19,20)(H2,16,17,18). The number of methoxy groups -OCH3 is 1. The van der Waals surface area contributed by atoms with Crippen molar-refractivity contribution in [3.05, 3.63) is 0 Å². The number of aliphatic imine (C=N–C) groups is 1. The second-order valence-electron chi connectivity index (χ2n) is 5.65. The van der Waals surface area contributed by atoms with Crippen molar-refractivity contribution >= 4 is 11.9 Å². The number of ether oxygens (including phenoxy) is 1. The molecule has 0 radical (unpaired) electrons. The summed E-state index contributed by atoms with van der Waals surface area (Å²) in [5, 5.41) is 9.47. The van der Waals surface area contributed by atoms with Crippen LogP contribution in [0.4, 0.5) is 0 Å². The van der Waals surface area contributed by atoms with Gasteiger partial charge in [0.1, 0.15) is 0 Å². The van der Waals surface area contributed by atoms with Crippen molar-refractivity contribution in [2.24, 2.45) is 4.99 Å². The van der Waals surface area contributed by atoms with Gasteiger partial charge in [-0.3, -0.25) is 9.79 Å². The molecule has 0 aromatic rings. The highest BCUT2D eigenvalue weighted by Crippen LogP contribution is 2.17. The molecule has 1 aliphatic carbocycles. The first-order valence-electron chi connectivity index (χ1n) is 7.91. The minimum Gasteiger partial charge on any atom is -0.383 e. The number of nitrogens with one attached hydrogen (secondary N) is 3. The smallest absolute Gasteiger partial charge is 0.221 e. The second kappa shape index (κ2) is 10.4. The van der Waals surface area contributed by atoms with E-state index in [4.69, 9.17) is 4.74 Å². The molecule has 0 bridgehead atoms. The van der Waals surface area contributed by atoms with Gasteiger partial charge in [0, 0.05) is 39.2 Å². The molecule has 122 valence electrons. The zero-order chi connectivity index (χ0) is 15.5. The van der Waals surface area contributed by atoms with Crippen molar-refractivity contribution in [2.75, 3.05) is 27.3 Å². The van der Waals surface area contributed by atoms with E-state index in [2.05, 4.69) is 20.9 Å². The van der Waals surface area contributed by atoms with E-state index in [1.807, 2.05) is 6.92 Å². The van der Waals surface area contributed by atoms with Gasteiger partial charge in [0.15, 0.2) is 5.96 Å². The van der Waals surface area contributed by atoms with Crippen LogP contribution in [0, 0.1) is 0 Å². The summed E-state index contributed by atoms with van der Waals surface area (Å²) in [4.78, 5) is 16.0. The number of carbonyl (C=O) groups excluding carboxylic acids is 1. The zero-order valence-corrected chi connectivity index (χ0v) is 13.6. The van der Waals surface area contributed by atoms with Crippen molar-refractivity contribution < 1.29 is 9.53 Å². The Kier molecular flexibility index (Phi) is 8.82. The molecular formula is C15H30N4O2. The van der Waals surface area contributed by atoms with Gasteiger partial charge in [-0.25, -0.2) is 0 Å². The van der Waals surface area contributed by atoms with E-state index in [9.17, 15) is 4.79 Å². The average molecular weight is 298 g/mol. The fourth-order valence-electron chi connectivity index (χ4n) is 2.56. The molecule has 6 heteroatoms. The van der Waals surface area contributed by atoms with Crippen LogP contribution in [0.1, 0.15) is 45.4 Å². The number of guanidine groups is 1. The van der Waals surface area contributed by atoms with Crippen LogP contribution in [-0.4, -0.2) is 51.3 Å². The molecular weight excluding hydrogens is 268 g/mol. The van der Waals surface area contributed by atoms with Crippen LogP contribution in [0.5, 0.6) is 0 Å². The van der Waals surface area contributed by atoms with Crippen molar-refractivity contribution in [3.63, 3.8) is 0 Å². The first kappa shape index (κ1) is 17.8. The number of nitrogens with zero attached hydrogens (tertiary/aromatic N) is 1. The van der Waals surface area contributed by atoms with E-state index in [0.29, 0.717) is 31.6 Å². The average Bonchev–Trinajstić information content (AvgIpc) is 2.47. The number of amides is 1. The van der Waals surface area contributed by atoms with Gasteiger partial charge in [-0.15, -0.1) is 0 Å². The van der Waals surface area contributed by atoms with Crippen molar-refractivity contribution in [1.29, 1.82) is 0 Å². The van der Waals surface area contributed by atoms with Gasteiger partial charge in [-0.05, 0) is 19.8 Å². The van der Waals surface area contributed by atoms with Crippen LogP contribution in [0.3, 0.4) is 0 Å². The van der Waals surface area contributed by atoms with E-state index in [0.717, 1.165) is 12.8 Å². The van der Waals surface area contributed by atoms with Gasteiger partial charge in [0.05, 0.1) is 6.61 Å². The molecule has 1 unspecified atom stereocenters. The monoisotopic (exact) mass is 298 g/mol. The van der Waals surface area contributed by atoms with Gasteiger partial charge in [-0.2, -0.15) is 0 Å². The summed E-state index contributed by atoms with van der Waals surface area (Å²) in [6, 6.07) is 0.558. The molecule has 0 aromatic carbocycles. The Bertz CT molecular complexity index is 328. The maximum Gasteiger partial charge on any atom is 0.221 e. The van der Waals surface area contributed by atoms with Crippen molar-refractivity contribution in [1.82, 2.24) is 16.0 Å². The number of carbonyl (C=O) groups is 1. The number of hydrogen-bond donors (Lipinski definition) is 3. The van der Waals surface area contributed by atoms with E-state index in [1.165, 1.54) is 19.3 Å². The predicted molar refractivity (Wildman–Crippen MR) is 85.5 cm³/mol. The highest BCUT2D eigenvalue weighted by atomic mass is 16.5. The lowest BCUT2D eigenvalue weighted by Gasteiger charge is -2.23. The van der Waals surface area contributed by atoms with Gasteiger partial charge < -0.3 is 20.7 Å². The minimum atomic E-state index is 0.120. The molecule has 1 rings (SSSR count). The van der Waals surface area contributed by atoms with Crippen LogP contribution < -0.4 is 16.0 Å². The Labute approximate surface area is 128 Å². The Hall–Kier alpha value is -1.30. The van der Waals surface area contributed by atoms with E-state index >= 15 is 0 Å². The molecule has 0 spiro atoms. The molecule has 0 aliphatic heterocycles. The summed E-state index contributed by atoms with van der Waals surface area (Å²) in [6.45, 7) is 3.22. The maximum absolute atomic E-state index is 11.9. The first-order valence-corrected chi connectivity index (χ1v) is 7.91. The molecule has 1 amide bonds. The van der Waals surface area contributed by atoms with Crippen LogP contribution in [-0.2, 0) is 9.53 Å². The lowest BCUT2D eigenvalue weighted by molar-refractivity contribution is -0.121. The van der Waals surface area contributed by atoms with Crippen LogP contribution in [0.25, 0.3) is 0 Å². The fraction of sp³-hybridized carbons (Fsp3) is 0.867. The number of rotatable bonds is 7. The highest BCUT2D eigenvalue weighted by molar-refractivity contribution is 5.81. The van der Waals surface area contributed by atoms with Crippen LogP contribution >= 0.6 is 0 Å². The fourth-order valence-corrected chi connectivity index (χ4v) is 2.56. The molecule has 1 atom stereocenters. The summed E-state index contributed by atoms with van der Waals surface area (Å²) in [5.41, 5.74) is 0. The van der Waals surface area contributed by atoms with E-state index in [-0.39, 0.29) is 11.9 Å². The minimum absolute atomic E-state index is 0.120. The molecule has 0 heterocycles. The van der Waals surface area contributed by atoms with Crippen molar-refractivity contribution in [3.8, 4) is 0 Å². The van der Waals surface area contributed by atoms with Crippen molar-refractivity contribution in [2.45, 2.75) is 57.5 Å². The summed E-state index contributed by atoms with van der Waals surface area (Å²) in [7, 11) is 3.39. The quantitative estimate of drug-likeness (QED) is 0.485. The lowest BCUT2D eigenvalue weighted by Crippen LogP contribution is -2.45. The summed E-state index contributed by atoms with van der Waals surface area (Å²) in [6.07, 6.45) is 6.48. The summed E-state index contributed by atoms with van der Waals surface area (Å²) in [5.74, 6) is 0.819. The van der Waals surface area contributed by atoms with Gasteiger partial charge in [-0.1, -0.05) is 19.3 Å². The summed E-state index contributed by atoms with van der Waals surface area (Å²) < 4.78 is 5.07. The highest BCUT2D eigenvalue weighted by Gasteiger charge is 2.15. The third-order valence-corrected chi connectivity index (χ3v) is 3.64. The van der Waals surface area contributed by atoms with Crippen LogP contribution in [0.2, 0.25) is 0 Å². The maximum atomic E-state index is 11.9. The molecule has 21 heavy (non-hydrogen) atoms. The summed E-state index contributed by atoms with van der Waals surface area (Å²) >= 11 is 0. The van der Waals surface area contributed by atoms with Crippen LogP contribution in [0.15, 0.2) is 4.99 Å². The third-order valence-electron chi connectivity index (χ3n) is 3.64. The molecule has 3 N–H and O–H groups in total. The molecule has 1 aliphatic rings. The Balaban J connectivity index is 2.16. The van der Waals surface area contributed by atoms with E-state index in [1.54, 1.807) is 14.2 Å². The Morgan fingerprint density at radius 3 is 2.67 bits per heavy atom. The molecule has 6 nitrogen and oxygen atoms in total. The SMILES string of the molecule is CN=C(NCCC(=O)NC1CCCCC1)NC(C)COC. The van der Waals surface area contributed by atoms with Gasteiger partial charge in [0.25, 0.3) is 0 Å². The number of hydrogen-bond acceptors (Lipinski definition) is 3. The largest absolute Gasteiger partial charge is 0.383 e. The molecule has 0 aromatic heterocycles.